The number of carbonyl (C=O) groups is 2. The Morgan fingerprint density at radius 2 is 1.90 bits per heavy atom. The van der Waals surface area contributed by atoms with Gasteiger partial charge in [-0.1, -0.05) is 11.6 Å². The third kappa shape index (κ3) is 4.91. The van der Waals surface area contributed by atoms with Gasteiger partial charge in [0, 0.05) is 31.4 Å². The fourth-order valence-corrected chi connectivity index (χ4v) is 3.90. The molecule has 2 unspecified atom stereocenters. The van der Waals surface area contributed by atoms with E-state index in [1.54, 1.807) is 12.1 Å². The van der Waals surface area contributed by atoms with Gasteiger partial charge in [0.1, 0.15) is 5.82 Å². The number of anilines is 2. The zero-order chi connectivity index (χ0) is 21.8. The number of piperazine rings is 1. The second-order valence-electron chi connectivity index (χ2n) is 7.36. The predicted molar refractivity (Wildman–Crippen MR) is 116 cm³/mol. The van der Waals surface area contributed by atoms with Gasteiger partial charge < -0.3 is 15.0 Å². The third-order valence-electron chi connectivity index (χ3n) is 5.40. The second kappa shape index (κ2) is 9.45. The van der Waals surface area contributed by atoms with Gasteiger partial charge in [-0.05, 0) is 56.3 Å². The average Bonchev–Trinajstić information content (AvgIpc) is 2.74. The summed E-state index contributed by atoms with van der Waals surface area (Å²) in [7, 11) is 1.36. The summed E-state index contributed by atoms with van der Waals surface area (Å²) in [5.41, 5.74) is 1.92. The van der Waals surface area contributed by atoms with Gasteiger partial charge in [0.15, 0.2) is 0 Å². The first-order chi connectivity index (χ1) is 14.3. The molecule has 2 atom stereocenters. The summed E-state index contributed by atoms with van der Waals surface area (Å²) in [5.74, 6) is -0.998. The predicted octanol–water partition coefficient (Wildman–Crippen LogP) is 3.80. The zero-order valence-corrected chi connectivity index (χ0v) is 17.9. The lowest BCUT2D eigenvalue weighted by atomic mass is 10.1. The molecule has 1 aliphatic rings. The number of rotatable bonds is 5. The summed E-state index contributed by atoms with van der Waals surface area (Å²) in [6, 6.07) is 11.0. The Bertz CT molecular complexity index is 922. The molecule has 6 nitrogen and oxygen atoms in total. The number of halogens is 2. The number of esters is 1. The number of amides is 1. The Labute approximate surface area is 180 Å². The van der Waals surface area contributed by atoms with Crippen LogP contribution in [0.3, 0.4) is 0 Å². The summed E-state index contributed by atoms with van der Waals surface area (Å²) >= 11 is 6.02. The highest BCUT2D eigenvalue weighted by Crippen LogP contribution is 2.25. The number of nitrogens with zero attached hydrogens (tertiary/aromatic N) is 2. The van der Waals surface area contributed by atoms with E-state index in [-0.39, 0.29) is 29.0 Å². The van der Waals surface area contributed by atoms with Crippen LogP contribution in [0.5, 0.6) is 0 Å². The number of benzene rings is 2. The number of ether oxygens (including phenoxy) is 1. The second-order valence-corrected chi connectivity index (χ2v) is 7.77. The van der Waals surface area contributed by atoms with Crippen molar-refractivity contribution in [2.24, 2.45) is 0 Å². The van der Waals surface area contributed by atoms with E-state index in [1.165, 1.54) is 25.3 Å². The Balaban J connectivity index is 1.61. The van der Waals surface area contributed by atoms with E-state index in [2.05, 4.69) is 22.0 Å². The number of hydrogen-bond acceptors (Lipinski definition) is 5. The highest BCUT2D eigenvalue weighted by atomic mass is 35.5. The molecular formula is C22H25ClFN3O3. The minimum Gasteiger partial charge on any atom is -0.465 e. The van der Waals surface area contributed by atoms with Crippen molar-refractivity contribution in [2.75, 3.05) is 37.0 Å². The highest BCUT2D eigenvalue weighted by Gasteiger charge is 2.31. The van der Waals surface area contributed by atoms with Crippen LogP contribution in [-0.2, 0) is 9.53 Å². The van der Waals surface area contributed by atoms with E-state index >= 15 is 0 Å². The number of hydrogen-bond donors (Lipinski definition) is 1. The van der Waals surface area contributed by atoms with Crippen LogP contribution in [0.4, 0.5) is 15.8 Å². The number of methoxy groups -OCH3 is 1. The maximum Gasteiger partial charge on any atom is 0.337 e. The van der Waals surface area contributed by atoms with E-state index in [0.29, 0.717) is 17.8 Å². The van der Waals surface area contributed by atoms with Crippen LogP contribution in [0.1, 0.15) is 24.2 Å². The molecule has 1 aliphatic heterocycles. The summed E-state index contributed by atoms with van der Waals surface area (Å²) in [5, 5.41) is 2.95. The largest absolute Gasteiger partial charge is 0.465 e. The van der Waals surface area contributed by atoms with Crippen molar-refractivity contribution in [3.8, 4) is 0 Å². The molecule has 2 aromatic carbocycles. The first kappa shape index (κ1) is 22.1. The number of carbonyl (C=O) groups excluding carboxylic acids is 2. The zero-order valence-electron chi connectivity index (χ0n) is 17.2. The van der Waals surface area contributed by atoms with Crippen molar-refractivity contribution in [1.82, 2.24) is 4.90 Å². The van der Waals surface area contributed by atoms with Gasteiger partial charge in [0.25, 0.3) is 0 Å². The first-order valence-corrected chi connectivity index (χ1v) is 10.1. The third-order valence-corrected chi connectivity index (χ3v) is 5.71. The fraction of sp³-hybridized carbons (Fsp3) is 0.364. The molecule has 160 valence electrons. The van der Waals surface area contributed by atoms with Crippen LogP contribution >= 0.6 is 11.6 Å². The Kier molecular flexibility index (Phi) is 6.95. The highest BCUT2D eigenvalue weighted by molar-refractivity contribution is 6.33. The minimum atomic E-state index is -0.449. The quantitative estimate of drug-likeness (QED) is 0.726. The smallest absolute Gasteiger partial charge is 0.337 e. The van der Waals surface area contributed by atoms with Gasteiger partial charge in [-0.2, -0.15) is 0 Å². The van der Waals surface area contributed by atoms with Crippen molar-refractivity contribution in [3.05, 3.63) is 58.9 Å². The summed E-state index contributed by atoms with van der Waals surface area (Å²) in [4.78, 5) is 28.7. The maximum atomic E-state index is 13.2. The first-order valence-electron chi connectivity index (χ1n) is 9.75. The van der Waals surface area contributed by atoms with Crippen LogP contribution in [0, 0.1) is 5.82 Å². The van der Waals surface area contributed by atoms with E-state index in [1.807, 2.05) is 19.1 Å². The summed E-state index contributed by atoms with van der Waals surface area (Å²) in [6.07, 6.45) is 0. The van der Waals surface area contributed by atoms with Gasteiger partial charge in [-0.3, -0.25) is 9.69 Å². The molecule has 1 saturated heterocycles. The SMILES string of the molecule is COC(=O)c1ccc(N2CCN(C(C)C(=O)Nc3ccc(F)cc3Cl)C(C)C2)cc1. The Morgan fingerprint density at radius 1 is 1.20 bits per heavy atom. The van der Waals surface area contributed by atoms with Crippen molar-refractivity contribution in [3.63, 3.8) is 0 Å². The normalized spacial score (nSPS) is 18.0. The van der Waals surface area contributed by atoms with Crippen molar-refractivity contribution in [2.45, 2.75) is 25.9 Å². The van der Waals surface area contributed by atoms with Gasteiger partial charge in [0.2, 0.25) is 5.91 Å². The Morgan fingerprint density at radius 3 is 2.50 bits per heavy atom. The van der Waals surface area contributed by atoms with Crippen molar-refractivity contribution in [1.29, 1.82) is 0 Å². The van der Waals surface area contributed by atoms with Crippen LogP contribution in [0.15, 0.2) is 42.5 Å². The number of nitrogens with one attached hydrogen (secondary N) is 1. The molecule has 0 aromatic heterocycles. The molecule has 0 spiro atoms. The van der Waals surface area contributed by atoms with E-state index < -0.39 is 5.82 Å². The van der Waals surface area contributed by atoms with Crippen LogP contribution in [0.25, 0.3) is 0 Å². The molecular weight excluding hydrogens is 409 g/mol. The molecule has 0 aliphatic carbocycles. The van der Waals surface area contributed by atoms with Gasteiger partial charge in [-0.15, -0.1) is 0 Å². The molecule has 1 N–H and O–H groups in total. The maximum absolute atomic E-state index is 13.2. The molecule has 1 amide bonds. The van der Waals surface area contributed by atoms with Crippen LogP contribution in [0.2, 0.25) is 5.02 Å². The van der Waals surface area contributed by atoms with Crippen molar-refractivity contribution < 1.29 is 18.7 Å². The van der Waals surface area contributed by atoms with Crippen molar-refractivity contribution >= 4 is 34.9 Å². The van der Waals surface area contributed by atoms with Gasteiger partial charge in [-0.25, -0.2) is 9.18 Å². The van der Waals surface area contributed by atoms with Crippen LogP contribution in [-0.4, -0.2) is 55.6 Å². The van der Waals surface area contributed by atoms with E-state index in [0.717, 1.165) is 18.8 Å². The van der Waals surface area contributed by atoms with E-state index in [4.69, 9.17) is 16.3 Å². The molecule has 1 fully saturated rings. The standard InChI is InChI=1S/C22H25ClFN3O3/c1-14-13-26(18-7-4-16(5-8-18)22(29)30-3)10-11-27(14)15(2)21(28)25-20-9-6-17(24)12-19(20)23/h4-9,12,14-15H,10-11,13H2,1-3H3,(H,25,28). The summed E-state index contributed by atoms with van der Waals surface area (Å²) < 4.78 is 17.9. The van der Waals surface area contributed by atoms with Gasteiger partial charge in [0.05, 0.1) is 29.4 Å². The van der Waals surface area contributed by atoms with Crippen LogP contribution < -0.4 is 10.2 Å². The molecule has 1 heterocycles. The molecule has 3 rings (SSSR count). The summed E-state index contributed by atoms with van der Waals surface area (Å²) in [6.45, 7) is 6.11. The lowest BCUT2D eigenvalue weighted by molar-refractivity contribution is -0.121. The molecule has 0 bridgehead atoms. The Hall–Kier alpha value is -2.64. The molecule has 2 aromatic rings. The molecule has 30 heavy (non-hydrogen) atoms. The lowest BCUT2D eigenvalue weighted by Crippen LogP contribution is -2.57. The molecule has 0 saturated carbocycles. The molecule has 0 radical (unpaired) electrons. The lowest BCUT2D eigenvalue weighted by Gasteiger charge is -2.43. The minimum absolute atomic E-state index is 0.128. The average molecular weight is 434 g/mol. The fourth-order valence-electron chi connectivity index (χ4n) is 3.69. The monoisotopic (exact) mass is 433 g/mol. The van der Waals surface area contributed by atoms with Gasteiger partial charge >= 0.3 is 5.97 Å². The molecule has 8 heteroatoms. The topological polar surface area (TPSA) is 61.9 Å². The van der Waals surface area contributed by atoms with E-state index in [9.17, 15) is 14.0 Å².